The van der Waals surface area contributed by atoms with Crippen molar-refractivity contribution < 1.29 is 0 Å². The third kappa shape index (κ3) is 3.47. The van der Waals surface area contributed by atoms with E-state index in [2.05, 4.69) is 20.4 Å². The molecule has 2 aromatic heterocycles. The van der Waals surface area contributed by atoms with Crippen LogP contribution in [-0.4, -0.2) is 31.3 Å². The summed E-state index contributed by atoms with van der Waals surface area (Å²) in [7, 11) is 1.92. The number of nitrogens with one attached hydrogen (secondary N) is 1. The first-order valence-electron chi connectivity index (χ1n) is 5.92. The number of aromatic nitrogens is 4. The predicted octanol–water partition coefficient (Wildman–Crippen LogP) is 0.807. The maximum Gasteiger partial charge on any atom is 0.223 e. The molecule has 2 rings (SSSR count). The standard InChI is InChI=1S/C12H16N6S/c1-8-7-10(11(13)19)17-12(16-8)14-5-3-9-4-6-15-18(9)2/h4,6-7H,3,5H2,1-2H3,(H2,13,19)(H,14,16,17). The number of nitrogens with two attached hydrogens (primary N) is 1. The largest absolute Gasteiger partial charge is 0.388 e. The first kappa shape index (κ1) is 13.4. The minimum atomic E-state index is 0.278. The summed E-state index contributed by atoms with van der Waals surface area (Å²) >= 11 is 4.92. The average Bonchev–Trinajstić information content (AvgIpc) is 2.74. The Balaban J connectivity index is 2.00. The number of thiocarbonyl (C=S) groups is 1. The van der Waals surface area contributed by atoms with Gasteiger partial charge < -0.3 is 11.1 Å². The third-order valence-electron chi connectivity index (χ3n) is 2.69. The minimum Gasteiger partial charge on any atom is -0.388 e. The van der Waals surface area contributed by atoms with E-state index < -0.39 is 0 Å². The SMILES string of the molecule is Cc1cc(C(N)=S)nc(NCCc2ccnn2C)n1. The maximum absolute atomic E-state index is 5.58. The molecule has 0 aliphatic heterocycles. The van der Waals surface area contributed by atoms with Crippen molar-refractivity contribution in [3.63, 3.8) is 0 Å². The zero-order valence-corrected chi connectivity index (χ0v) is 11.7. The van der Waals surface area contributed by atoms with Gasteiger partial charge in [0, 0.05) is 37.6 Å². The van der Waals surface area contributed by atoms with Gasteiger partial charge in [0.15, 0.2) is 0 Å². The molecule has 19 heavy (non-hydrogen) atoms. The van der Waals surface area contributed by atoms with Gasteiger partial charge in [-0.25, -0.2) is 9.97 Å². The number of hydrogen-bond acceptors (Lipinski definition) is 5. The van der Waals surface area contributed by atoms with Gasteiger partial charge in [0.25, 0.3) is 0 Å². The smallest absolute Gasteiger partial charge is 0.223 e. The number of aryl methyl sites for hydroxylation is 2. The van der Waals surface area contributed by atoms with E-state index in [1.807, 2.05) is 24.7 Å². The second-order valence-corrected chi connectivity index (χ2v) is 4.65. The molecule has 0 bridgehead atoms. The lowest BCUT2D eigenvalue weighted by molar-refractivity contribution is 0.710. The molecule has 0 aliphatic rings. The van der Waals surface area contributed by atoms with Crippen LogP contribution in [0.3, 0.4) is 0 Å². The molecule has 100 valence electrons. The topological polar surface area (TPSA) is 81.6 Å². The fraction of sp³-hybridized carbons (Fsp3) is 0.333. The second-order valence-electron chi connectivity index (χ2n) is 4.21. The molecular weight excluding hydrogens is 260 g/mol. The summed E-state index contributed by atoms with van der Waals surface area (Å²) < 4.78 is 1.85. The van der Waals surface area contributed by atoms with Crippen molar-refractivity contribution in [3.05, 3.63) is 35.4 Å². The zero-order chi connectivity index (χ0) is 13.8. The van der Waals surface area contributed by atoms with Gasteiger partial charge >= 0.3 is 0 Å². The van der Waals surface area contributed by atoms with Crippen LogP contribution < -0.4 is 11.1 Å². The van der Waals surface area contributed by atoms with E-state index in [0.29, 0.717) is 11.6 Å². The quantitative estimate of drug-likeness (QED) is 0.786. The van der Waals surface area contributed by atoms with Gasteiger partial charge in [-0.15, -0.1) is 0 Å². The van der Waals surface area contributed by atoms with Crippen LogP contribution in [0.25, 0.3) is 0 Å². The molecule has 0 saturated heterocycles. The summed E-state index contributed by atoms with van der Waals surface area (Å²) in [4.78, 5) is 8.84. The Kier molecular flexibility index (Phi) is 4.06. The number of anilines is 1. The van der Waals surface area contributed by atoms with Gasteiger partial charge in [0.1, 0.15) is 10.7 Å². The highest BCUT2D eigenvalue weighted by atomic mass is 32.1. The van der Waals surface area contributed by atoms with Crippen LogP contribution in [0.4, 0.5) is 5.95 Å². The fourth-order valence-corrected chi connectivity index (χ4v) is 1.83. The Morgan fingerprint density at radius 1 is 1.47 bits per heavy atom. The Labute approximate surface area is 117 Å². The number of nitrogens with zero attached hydrogens (tertiary/aromatic N) is 4. The lowest BCUT2D eigenvalue weighted by Crippen LogP contribution is -2.16. The molecule has 6 nitrogen and oxygen atoms in total. The molecule has 7 heteroatoms. The fourth-order valence-electron chi connectivity index (χ4n) is 1.72. The Hall–Kier alpha value is -2.02. The van der Waals surface area contributed by atoms with E-state index in [1.54, 1.807) is 12.3 Å². The van der Waals surface area contributed by atoms with Crippen LogP contribution in [0.2, 0.25) is 0 Å². The number of hydrogen-bond donors (Lipinski definition) is 2. The lowest BCUT2D eigenvalue weighted by atomic mass is 10.3. The van der Waals surface area contributed by atoms with Crippen LogP contribution in [0, 0.1) is 6.92 Å². The van der Waals surface area contributed by atoms with Gasteiger partial charge in [-0.2, -0.15) is 5.10 Å². The predicted molar refractivity (Wildman–Crippen MR) is 78.1 cm³/mol. The Morgan fingerprint density at radius 2 is 2.26 bits per heavy atom. The minimum absolute atomic E-state index is 0.278. The summed E-state index contributed by atoms with van der Waals surface area (Å²) in [6, 6.07) is 3.76. The van der Waals surface area contributed by atoms with E-state index in [0.717, 1.165) is 24.4 Å². The van der Waals surface area contributed by atoms with E-state index in [-0.39, 0.29) is 4.99 Å². The molecule has 0 saturated carbocycles. The molecule has 0 spiro atoms. The molecule has 0 radical (unpaired) electrons. The Bertz CT molecular complexity index is 592. The summed E-state index contributed by atoms with van der Waals surface area (Å²) in [5, 5.41) is 7.29. The van der Waals surface area contributed by atoms with Gasteiger partial charge in [0.2, 0.25) is 5.95 Å². The highest BCUT2D eigenvalue weighted by Crippen LogP contribution is 2.05. The van der Waals surface area contributed by atoms with E-state index >= 15 is 0 Å². The number of rotatable bonds is 5. The lowest BCUT2D eigenvalue weighted by Gasteiger charge is -2.07. The summed E-state index contributed by atoms with van der Waals surface area (Å²) in [5.74, 6) is 0.546. The molecule has 0 amide bonds. The van der Waals surface area contributed by atoms with Crippen molar-refractivity contribution in [1.29, 1.82) is 0 Å². The maximum atomic E-state index is 5.58. The summed E-state index contributed by atoms with van der Waals surface area (Å²) in [5.41, 5.74) is 8.15. The molecule has 2 aromatic rings. The van der Waals surface area contributed by atoms with Crippen LogP contribution in [0.15, 0.2) is 18.3 Å². The van der Waals surface area contributed by atoms with E-state index in [1.165, 1.54) is 0 Å². The van der Waals surface area contributed by atoms with Crippen LogP contribution in [0.1, 0.15) is 17.1 Å². The highest BCUT2D eigenvalue weighted by molar-refractivity contribution is 7.80. The average molecular weight is 276 g/mol. The highest BCUT2D eigenvalue weighted by Gasteiger charge is 2.04. The van der Waals surface area contributed by atoms with E-state index in [4.69, 9.17) is 18.0 Å². The molecule has 0 aromatic carbocycles. The van der Waals surface area contributed by atoms with Gasteiger partial charge in [0.05, 0.1) is 0 Å². The normalized spacial score (nSPS) is 10.4. The second kappa shape index (κ2) is 5.75. The van der Waals surface area contributed by atoms with Crippen LogP contribution in [0.5, 0.6) is 0 Å². The van der Waals surface area contributed by atoms with E-state index in [9.17, 15) is 0 Å². The molecule has 0 fully saturated rings. The summed E-state index contributed by atoms with van der Waals surface area (Å²) in [6.07, 6.45) is 2.62. The molecule has 0 atom stereocenters. The van der Waals surface area contributed by atoms with Crippen molar-refractivity contribution in [1.82, 2.24) is 19.7 Å². The first-order valence-corrected chi connectivity index (χ1v) is 6.33. The van der Waals surface area contributed by atoms with Crippen molar-refractivity contribution in [2.24, 2.45) is 12.8 Å². The first-order chi connectivity index (χ1) is 9.06. The van der Waals surface area contributed by atoms with Crippen molar-refractivity contribution in [3.8, 4) is 0 Å². The molecule has 0 unspecified atom stereocenters. The monoisotopic (exact) mass is 276 g/mol. The molecule has 2 heterocycles. The van der Waals surface area contributed by atoms with Crippen LogP contribution in [-0.2, 0) is 13.5 Å². The Morgan fingerprint density at radius 3 is 2.89 bits per heavy atom. The van der Waals surface area contributed by atoms with Crippen molar-refractivity contribution in [2.45, 2.75) is 13.3 Å². The zero-order valence-electron chi connectivity index (χ0n) is 10.9. The third-order valence-corrected chi connectivity index (χ3v) is 2.90. The van der Waals surface area contributed by atoms with Gasteiger partial charge in [-0.05, 0) is 19.1 Å². The van der Waals surface area contributed by atoms with Crippen LogP contribution >= 0.6 is 12.2 Å². The summed E-state index contributed by atoms with van der Waals surface area (Å²) in [6.45, 7) is 2.61. The molecule has 3 N–H and O–H groups in total. The van der Waals surface area contributed by atoms with Gasteiger partial charge in [-0.3, -0.25) is 4.68 Å². The van der Waals surface area contributed by atoms with Gasteiger partial charge in [-0.1, -0.05) is 12.2 Å². The van der Waals surface area contributed by atoms with Crippen molar-refractivity contribution in [2.75, 3.05) is 11.9 Å². The molecular formula is C12H16N6S. The molecule has 0 aliphatic carbocycles. The van der Waals surface area contributed by atoms with Crippen molar-refractivity contribution >= 4 is 23.2 Å².